The van der Waals surface area contributed by atoms with Gasteiger partial charge in [0.2, 0.25) is 0 Å². The highest BCUT2D eigenvalue weighted by atomic mass is 32.1. The highest BCUT2D eigenvalue weighted by Gasteiger charge is 2.09. The molecule has 1 atom stereocenters. The lowest BCUT2D eigenvalue weighted by Crippen LogP contribution is -2.28. The second-order valence-electron chi connectivity index (χ2n) is 4.44. The summed E-state index contributed by atoms with van der Waals surface area (Å²) in [5.41, 5.74) is 5.54. The predicted molar refractivity (Wildman–Crippen MR) is 72.7 cm³/mol. The van der Waals surface area contributed by atoms with Crippen molar-refractivity contribution in [2.45, 2.75) is 33.2 Å². The van der Waals surface area contributed by atoms with Gasteiger partial charge < -0.3 is 5.73 Å². The minimum Gasteiger partial charge on any atom is -0.330 e. The topological polar surface area (TPSA) is 29.3 Å². The van der Waals surface area contributed by atoms with E-state index in [0.717, 1.165) is 32.0 Å². The molecule has 1 aromatic rings. The van der Waals surface area contributed by atoms with Crippen molar-refractivity contribution in [2.24, 2.45) is 11.7 Å². The van der Waals surface area contributed by atoms with Gasteiger partial charge >= 0.3 is 0 Å². The predicted octanol–water partition coefficient (Wildman–Crippen LogP) is 2.95. The van der Waals surface area contributed by atoms with Gasteiger partial charge in [-0.05, 0) is 43.3 Å². The van der Waals surface area contributed by atoms with Crippen molar-refractivity contribution >= 4 is 11.3 Å². The van der Waals surface area contributed by atoms with E-state index in [1.54, 1.807) is 0 Å². The van der Waals surface area contributed by atoms with E-state index in [0.29, 0.717) is 0 Å². The van der Waals surface area contributed by atoms with Crippen LogP contribution in [0.1, 0.15) is 31.6 Å². The van der Waals surface area contributed by atoms with Gasteiger partial charge in [-0.2, -0.15) is 0 Å². The molecule has 0 saturated carbocycles. The second-order valence-corrected chi connectivity index (χ2v) is 5.48. The third-order valence-corrected chi connectivity index (χ3v) is 3.74. The van der Waals surface area contributed by atoms with E-state index in [9.17, 15) is 0 Å². The summed E-state index contributed by atoms with van der Waals surface area (Å²) >= 11 is 1.85. The number of hydrogen-bond acceptors (Lipinski definition) is 3. The van der Waals surface area contributed by atoms with E-state index >= 15 is 0 Å². The van der Waals surface area contributed by atoms with Crippen LogP contribution in [-0.2, 0) is 6.54 Å². The van der Waals surface area contributed by atoms with Crippen LogP contribution in [0.15, 0.2) is 17.5 Å². The molecular formula is C13H24N2S. The van der Waals surface area contributed by atoms with Crippen LogP contribution >= 0.6 is 11.3 Å². The normalized spacial score (nSPS) is 13.2. The van der Waals surface area contributed by atoms with Crippen molar-refractivity contribution in [1.82, 2.24) is 4.90 Å². The van der Waals surface area contributed by atoms with Crippen LogP contribution in [0, 0.1) is 5.92 Å². The number of hydrogen-bond donors (Lipinski definition) is 1. The first kappa shape index (κ1) is 13.7. The van der Waals surface area contributed by atoms with Crippen molar-refractivity contribution in [1.29, 1.82) is 0 Å². The zero-order chi connectivity index (χ0) is 11.8. The number of nitrogens with zero attached hydrogens (tertiary/aromatic N) is 1. The first-order chi connectivity index (χ1) is 7.76. The molecule has 2 N–H and O–H groups in total. The molecule has 92 valence electrons. The Bertz CT molecular complexity index is 259. The molecule has 0 aromatic carbocycles. The first-order valence-electron chi connectivity index (χ1n) is 6.21. The van der Waals surface area contributed by atoms with E-state index in [1.165, 1.54) is 17.8 Å². The van der Waals surface area contributed by atoms with Crippen LogP contribution in [0.3, 0.4) is 0 Å². The van der Waals surface area contributed by atoms with Crippen molar-refractivity contribution in [3.05, 3.63) is 22.4 Å². The number of thiophene rings is 1. The lowest BCUT2D eigenvalue weighted by molar-refractivity contribution is 0.236. The highest BCUT2D eigenvalue weighted by molar-refractivity contribution is 7.09. The Morgan fingerprint density at radius 1 is 1.50 bits per heavy atom. The van der Waals surface area contributed by atoms with E-state index < -0.39 is 0 Å². The van der Waals surface area contributed by atoms with Gasteiger partial charge in [0.15, 0.2) is 0 Å². The Morgan fingerprint density at radius 2 is 2.31 bits per heavy atom. The summed E-state index contributed by atoms with van der Waals surface area (Å²) in [6.45, 7) is 8.80. The lowest BCUT2D eigenvalue weighted by atomic mass is 10.1. The monoisotopic (exact) mass is 240 g/mol. The molecule has 0 amide bonds. The zero-order valence-corrected chi connectivity index (χ0v) is 11.3. The zero-order valence-electron chi connectivity index (χ0n) is 10.5. The maximum absolute atomic E-state index is 5.54. The lowest BCUT2D eigenvalue weighted by Gasteiger charge is -2.23. The van der Waals surface area contributed by atoms with Gasteiger partial charge in [-0.15, -0.1) is 11.3 Å². The third kappa shape index (κ3) is 5.10. The quantitative estimate of drug-likeness (QED) is 0.757. The van der Waals surface area contributed by atoms with Gasteiger partial charge in [0, 0.05) is 18.0 Å². The Labute approximate surface area is 103 Å². The summed E-state index contributed by atoms with van der Waals surface area (Å²) in [6, 6.07) is 4.35. The number of nitrogens with two attached hydrogens (primary N) is 1. The fraction of sp³-hybridized carbons (Fsp3) is 0.692. The molecule has 0 saturated heterocycles. The molecule has 0 bridgehead atoms. The molecule has 1 heterocycles. The summed E-state index contributed by atoms with van der Waals surface area (Å²) in [7, 11) is 0. The molecule has 2 nitrogen and oxygen atoms in total. The molecule has 0 aliphatic carbocycles. The van der Waals surface area contributed by atoms with Crippen molar-refractivity contribution in [3.63, 3.8) is 0 Å². The molecule has 0 aliphatic heterocycles. The first-order valence-corrected chi connectivity index (χ1v) is 7.09. The summed E-state index contributed by atoms with van der Waals surface area (Å²) in [6.07, 6.45) is 2.40. The number of rotatable bonds is 8. The molecule has 1 aromatic heterocycles. The molecular weight excluding hydrogens is 216 g/mol. The Balaban J connectivity index is 2.31. The van der Waals surface area contributed by atoms with Gasteiger partial charge in [-0.3, -0.25) is 4.90 Å². The average Bonchev–Trinajstić information content (AvgIpc) is 2.78. The summed E-state index contributed by atoms with van der Waals surface area (Å²) < 4.78 is 0. The van der Waals surface area contributed by atoms with Gasteiger partial charge in [0.25, 0.3) is 0 Å². The minimum absolute atomic E-state index is 0.753. The SMILES string of the molecule is CCN(Cc1cccs1)CC(C)CCCN. The van der Waals surface area contributed by atoms with E-state index in [1.807, 2.05) is 11.3 Å². The van der Waals surface area contributed by atoms with Crippen LogP contribution in [0.25, 0.3) is 0 Å². The fourth-order valence-electron chi connectivity index (χ4n) is 1.93. The maximum atomic E-state index is 5.54. The standard InChI is InChI=1S/C13H24N2S/c1-3-15(10-12(2)6-4-8-14)11-13-7-5-9-16-13/h5,7,9,12H,3-4,6,8,10-11,14H2,1-2H3. The van der Waals surface area contributed by atoms with Gasteiger partial charge in [-0.1, -0.05) is 19.9 Å². The van der Waals surface area contributed by atoms with Gasteiger partial charge in [-0.25, -0.2) is 0 Å². The van der Waals surface area contributed by atoms with Crippen LogP contribution in [0.4, 0.5) is 0 Å². The van der Waals surface area contributed by atoms with Crippen LogP contribution in [0.5, 0.6) is 0 Å². The molecule has 0 fully saturated rings. The third-order valence-electron chi connectivity index (χ3n) is 2.88. The van der Waals surface area contributed by atoms with Crippen molar-refractivity contribution in [3.8, 4) is 0 Å². The molecule has 0 radical (unpaired) electrons. The van der Waals surface area contributed by atoms with E-state index in [4.69, 9.17) is 5.73 Å². The molecule has 1 unspecified atom stereocenters. The molecule has 16 heavy (non-hydrogen) atoms. The largest absolute Gasteiger partial charge is 0.330 e. The smallest absolute Gasteiger partial charge is 0.0327 e. The Kier molecular flexibility index (Phi) is 6.69. The average molecular weight is 240 g/mol. The molecule has 1 rings (SSSR count). The summed E-state index contributed by atoms with van der Waals surface area (Å²) in [5, 5.41) is 2.15. The van der Waals surface area contributed by atoms with Crippen LogP contribution < -0.4 is 5.73 Å². The summed E-state index contributed by atoms with van der Waals surface area (Å²) in [5.74, 6) is 0.753. The van der Waals surface area contributed by atoms with Crippen LogP contribution in [0.2, 0.25) is 0 Å². The second kappa shape index (κ2) is 7.82. The van der Waals surface area contributed by atoms with Crippen LogP contribution in [-0.4, -0.2) is 24.5 Å². The Morgan fingerprint density at radius 3 is 2.88 bits per heavy atom. The van der Waals surface area contributed by atoms with Gasteiger partial charge in [0.05, 0.1) is 0 Å². The maximum Gasteiger partial charge on any atom is 0.0327 e. The fourth-order valence-corrected chi connectivity index (χ4v) is 2.67. The molecule has 0 spiro atoms. The molecule has 3 heteroatoms. The minimum atomic E-state index is 0.753. The van der Waals surface area contributed by atoms with E-state index in [2.05, 4.69) is 36.3 Å². The van der Waals surface area contributed by atoms with Crippen molar-refractivity contribution < 1.29 is 0 Å². The summed E-state index contributed by atoms with van der Waals surface area (Å²) in [4.78, 5) is 3.99. The van der Waals surface area contributed by atoms with Gasteiger partial charge in [0.1, 0.15) is 0 Å². The Hall–Kier alpha value is -0.380. The van der Waals surface area contributed by atoms with Crippen molar-refractivity contribution in [2.75, 3.05) is 19.6 Å². The molecule has 0 aliphatic rings. The van der Waals surface area contributed by atoms with E-state index in [-0.39, 0.29) is 0 Å². The highest BCUT2D eigenvalue weighted by Crippen LogP contribution is 2.14.